The molecule has 3 aliphatic rings. The van der Waals surface area contributed by atoms with E-state index in [1.165, 1.54) is 34.6 Å². The zero-order chi connectivity index (χ0) is 56.7. The monoisotopic (exact) mass is 1100 g/mol. The Labute approximate surface area is 474 Å². The molecule has 5 N–H and O–H groups in total. The number of benzene rings is 4. The number of carbonyl (C=O) groups is 1. The summed E-state index contributed by atoms with van der Waals surface area (Å²) in [6.45, 7) is 14.5. The Morgan fingerprint density at radius 3 is 2.36 bits per heavy atom. The number of hydrogen-bond donors (Lipinski definition) is 5. The lowest BCUT2D eigenvalue weighted by Crippen LogP contribution is -2.38. The minimum absolute atomic E-state index is 0.170. The third-order valence-corrected chi connectivity index (χ3v) is 15.5. The summed E-state index contributed by atoms with van der Waals surface area (Å²) in [6, 6.07) is 29.6. The van der Waals surface area contributed by atoms with E-state index in [0.29, 0.717) is 26.2 Å². The number of allylic oxidation sites excluding steroid dienone is 11. The van der Waals surface area contributed by atoms with Crippen molar-refractivity contribution in [1.82, 2.24) is 16.1 Å². The van der Waals surface area contributed by atoms with Crippen LogP contribution in [0.1, 0.15) is 133 Å². The number of ether oxygens (including phenoxy) is 4. The van der Waals surface area contributed by atoms with Gasteiger partial charge in [-0.05, 0) is 179 Å². The lowest BCUT2D eigenvalue weighted by molar-refractivity contribution is -0.139. The molecule has 0 spiro atoms. The van der Waals surface area contributed by atoms with E-state index in [2.05, 4.69) is 96.2 Å². The van der Waals surface area contributed by atoms with Crippen molar-refractivity contribution in [3.8, 4) is 17.2 Å². The molecule has 1 unspecified atom stereocenters. The van der Waals surface area contributed by atoms with E-state index >= 15 is 0 Å². The molecule has 13 nitrogen and oxygen atoms in total. The highest BCUT2D eigenvalue weighted by Crippen LogP contribution is 2.38. The van der Waals surface area contributed by atoms with E-state index in [1.807, 2.05) is 68.5 Å². The summed E-state index contributed by atoms with van der Waals surface area (Å²) in [5, 5.41) is 21.6. The van der Waals surface area contributed by atoms with Crippen molar-refractivity contribution in [1.29, 1.82) is 0 Å². The molecule has 0 saturated heterocycles. The number of nitrogens with zero attached hydrogens (tertiary/aromatic N) is 1. The number of carboxylic acids is 1. The summed E-state index contributed by atoms with van der Waals surface area (Å²) in [6.07, 6.45) is 26.7. The molecule has 1 saturated carbocycles. The van der Waals surface area contributed by atoms with Gasteiger partial charge in [0.1, 0.15) is 22.4 Å². The van der Waals surface area contributed by atoms with Crippen molar-refractivity contribution in [2.45, 2.75) is 135 Å². The highest BCUT2D eigenvalue weighted by molar-refractivity contribution is 7.86. The van der Waals surface area contributed by atoms with E-state index in [-0.39, 0.29) is 23.3 Å². The smallest absolute Gasteiger partial charge is 0.326 e. The number of nitrogens with one attached hydrogen (secondary N) is 3. The van der Waals surface area contributed by atoms with Crippen LogP contribution in [0.4, 0.5) is 0 Å². The van der Waals surface area contributed by atoms with E-state index in [0.717, 1.165) is 146 Å². The van der Waals surface area contributed by atoms with Crippen LogP contribution in [-0.2, 0) is 26.1 Å². The van der Waals surface area contributed by atoms with Crippen LogP contribution in [0, 0.1) is 0 Å². The zero-order valence-electron chi connectivity index (χ0n) is 47.0. The molecule has 0 bridgehead atoms. The van der Waals surface area contributed by atoms with Gasteiger partial charge in [-0.3, -0.25) is 4.55 Å². The first-order chi connectivity index (χ1) is 38.7. The first-order valence-corrected chi connectivity index (χ1v) is 29.6. The number of rotatable bonds is 30. The normalized spacial score (nSPS) is 17.9. The second kappa shape index (κ2) is 30.7. The van der Waals surface area contributed by atoms with Crippen LogP contribution in [0.15, 0.2) is 190 Å². The summed E-state index contributed by atoms with van der Waals surface area (Å²) in [7, 11) is -4.38. The minimum Gasteiger partial charge on any atom is -0.494 e. The number of aliphatic carboxylic acids is 1. The van der Waals surface area contributed by atoms with Crippen LogP contribution >= 0.6 is 0 Å². The molecular formula is C66H80N4O9S. The second-order valence-electron chi connectivity index (χ2n) is 20.6. The molecule has 4 aromatic carbocycles. The Kier molecular flexibility index (Phi) is 23.1. The molecular weight excluding hydrogens is 1020 g/mol. The van der Waals surface area contributed by atoms with Gasteiger partial charge in [-0.25, -0.2) is 4.79 Å². The fourth-order valence-corrected chi connectivity index (χ4v) is 10.3. The fraction of sp³-hybridized carbons (Fsp3) is 0.364. The average molecular weight is 1110 g/mol. The predicted molar refractivity (Wildman–Crippen MR) is 321 cm³/mol. The summed E-state index contributed by atoms with van der Waals surface area (Å²) in [4.78, 5) is 12.6. The Bertz CT molecular complexity index is 3110. The van der Waals surface area contributed by atoms with Crippen molar-refractivity contribution in [2.75, 3.05) is 26.6 Å². The quantitative estimate of drug-likeness (QED) is 0.0110. The molecule has 2 aliphatic carbocycles. The van der Waals surface area contributed by atoms with E-state index < -0.39 is 22.1 Å². The van der Waals surface area contributed by atoms with E-state index in [4.69, 9.17) is 18.9 Å². The van der Waals surface area contributed by atoms with Gasteiger partial charge in [0.25, 0.3) is 10.1 Å². The van der Waals surface area contributed by atoms with Gasteiger partial charge in [-0.15, -0.1) is 0 Å². The van der Waals surface area contributed by atoms with Gasteiger partial charge in [-0.2, -0.15) is 13.5 Å². The standard InChI is InChI=1S/C66H80N4O9S/c1-6-7-10-20-52(32-28-47(2)49(4)70-68-45-57-25-16-17-27-65(57)80(73,74)75)50(5)67-38-19-40-76-59-35-30-51(31-36-59)41-61(66(71)72)69-60(54-23-14-15-24-54)26-13-9-18-39-77-63-44-58(56-34-37-62-64(43-56)79-46-78-62)42-55(33-29-48(63)3)53-21-11-8-12-22-53/h8,10-12,16-17,20-22,25,27-28,30-32,34-37,42-45,49,61,67,69-70H,5-7,9,13-15,18-19,23-24,26,29,33,38-41,46H2,1-4H3,(H,71,72)(H,73,74,75)/b20-10-,47-28+,52-32+,55-42-,58-44+,63-48-,68-45+/t49-,61?/m1/s1. The molecule has 4 aromatic rings. The average Bonchev–Trinajstić information content (AvgIpc) is 4.18. The van der Waals surface area contributed by atoms with Gasteiger partial charge in [0, 0.05) is 29.9 Å². The van der Waals surface area contributed by atoms with Crippen LogP contribution in [0.25, 0.3) is 11.1 Å². The SMILES string of the molecule is C=C(NCCCOc1ccc(CC(NC(CCCCCOC2=C(/C)CC/C(c3ccccc3)=C/C(c3ccc4c(c3)OCO4)=C\2)=C2CCCC2)C(=O)O)cc1)C(/C=C\CCC)=C/C=C(\C)[C@@H](C)N/N=C/c1ccccc1S(=O)(=O)O. The first kappa shape index (κ1) is 60.1. The molecule has 14 heteroatoms. The molecule has 2 atom stereocenters. The summed E-state index contributed by atoms with van der Waals surface area (Å²) >= 11 is 0. The van der Waals surface area contributed by atoms with Gasteiger partial charge in [0.15, 0.2) is 11.5 Å². The third kappa shape index (κ3) is 18.5. The van der Waals surface area contributed by atoms with Crippen molar-refractivity contribution < 1.29 is 41.8 Å². The number of carboxylic acid groups (broad SMARTS) is 1. The maximum Gasteiger partial charge on any atom is 0.326 e. The Morgan fingerprint density at radius 1 is 0.850 bits per heavy atom. The maximum atomic E-state index is 12.8. The van der Waals surface area contributed by atoms with Crippen LogP contribution in [0.5, 0.6) is 17.2 Å². The summed E-state index contributed by atoms with van der Waals surface area (Å²) in [5.74, 6) is 2.26. The predicted octanol–water partition coefficient (Wildman–Crippen LogP) is 14.0. The lowest BCUT2D eigenvalue weighted by Gasteiger charge is -2.21. The molecule has 7 rings (SSSR count). The summed E-state index contributed by atoms with van der Waals surface area (Å²) in [5.41, 5.74) is 15.2. The van der Waals surface area contributed by atoms with Crippen LogP contribution < -0.4 is 30.3 Å². The molecule has 1 aliphatic heterocycles. The second-order valence-corrected chi connectivity index (χ2v) is 22.0. The number of fused-ring (bicyclic) bond motifs is 1. The summed E-state index contributed by atoms with van der Waals surface area (Å²) < 4.78 is 57.1. The highest BCUT2D eigenvalue weighted by atomic mass is 32.2. The molecule has 1 heterocycles. The van der Waals surface area contributed by atoms with Crippen molar-refractivity contribution in [2.24, 2.45) is 5.10 Å². The lowest BCUT2D eigenvalue weighted by atomic mass is 9.91. The fourth-order valence-electron chi connectivity index (χ4n) is 9.63. The molecule has 0 radical (unpaired) electrons. The van der Waals surface area contributed by atoms with Crippen molar-refractivity contribution >= 4 is 33.4 Å². The Morgan fingerprint density at radius 2 is 1.60 bits per heavy atom. The van der Waals surface area contributed by atoms with Crippen LogP contribution in [0.3, 0.4) is 0 Å². The largest absolute Gasteiger partial charge is 0.494 e. The Balaban J connectivity index is 0.862. The van der Waals surface area contributed by atoms with Crippen LogP contribution in [-0.4, -0.2) is 68.9 Å². The van der Waals surface area contributed by atoms with E-state index in [1.54, 1.807) is 18.2 Å². The number of unbranched alkanes of at least 4 members (excludes halogenated alkanes) is 3. The third-order valence-electron chi connectivity index (χ3n) is 14.5. The minimum atomic E-state index is -4.38. The van der Waals surface area contributed by atoms with Gasteiger partial charge >= 0.3 is 5.97 Å². The first-order valence-electron chi connectivity index (χ1n) is 28.2. The molecule has 424 valence electrons. The van der Waals surface area contributed by atoms with Crippen molar-refractivity contribution in [3.63, 3.8) is 0 Å². The number of hydrazone groups is 1. The van der Waals surface area contributed by atoms with Crippen molar-refractivity contribution in [3.05, 3.63) is 202 Å². The van der Waals surface area contributed by atoms with E-state index in [9.17, 15) is 22.9 Å². The Hall–Kier alpha value is -7.55. The number of hydrogen-bond acceptors (Lipinski definition) is 11. The van der Waals surface area contributed by atoms with Gasteiger partial charge in [0.2, 0.25) is 6.79 Å². The molecule has 1 fully saturated rings. The van der Waals surface area contributed by atoms with Gasteiger partial charge in [0.05, 0.1) is 25.5 Å². The molecule has 0 aromatic heterocycles. The zero-order valence-corrected chi connectivity index (χ0v) is 47.8. The molecule has 0 amide bonds. The highest BCUT2D eigenvalue weighted by Gasteiger charge is 2.23. The molecule has 80 heavy (non-hydrogen) atoms. The maximum absolute atomic E-state index is 12.8. The van der Waals surface area contributed by atoms with Gasteiger partial charge < -0.3 is 40.1 Å². The van der Waals surface area contributed by atoms with Crippen LogP contribution in [0.2, 0.25) is 0 Å². The van der Waals surface area contributed by atoms with Gasteiger partial charge in [-0.1, -0.05) is 123 Å². The topological polar surface area (TPSA) is 177 Å².